The van der Waals surface area contributed by atoms with Crippen LogP contribution in [0.5, 0.6) is 5.75 Å². The molecular formula is C32H36N4O9. The molecule has 45 heavy (non-hydrogen) atoms. The van der Waals surface area contributed by atoms with E-state index in [0.29, 0.717) is 35.7 Å². The summed E-state index contributed by atoms with van der Waals surface area (Å²) in [5.41, 5.74) is -0.00452. The molecule has 1 aromatic heterocycles. The molecular weight excluding hydrogens is 584 g/mol. The van der Waals surface area contributed by atoms with Gasteiger partial charge < -0.3 is 28.8 Å². The van der Waals surface area contributed by atoms with Crippen molar-refractivity contribution in [1.29, 1.82) is 0 Å². The van der Waals surface area contributed by atoms with Gasteiger partial charge in [0.15, 0.2) is 0 Å². The molecule has 1 aliphatic heterocycles. The minimum absolute atomic E-state index is 0.00559. The molecule has 0 aliphatic carbocycles. The molecule has 13 nitrogen and oxygen atoms in total. The monoisotopic (exact) mass is 620 g/mol. The average molecular weight is 621 g/mol. The van der Waals surface area contributed by atoms with Crippen LogP contribution in [0.4, 0.5) is 5.69 Å². The smallest absolute Gasteiger partial charge is 0.338 e. The summed E-state index contributed by atoms with van der Waals surface area (Å²) >= 11 is 0. The Kier molecular flexibility index (Phi) is 10.9. The van der Waals surface area contributed by atoms with E-state index in [4.69, 9.17) is 18.9 Å². The number of imidazole rings is 1. The molecule has 0 spiro atoms. The largest absolute Gasteiger partial charge is 0.492 e. The third-order valence-corrected chi connectivity index (χ3v) is 7.45. The molecule has 1 aliphatic rings. The number of nitro groups is 1. The summed E-state index contributed by atoms with van der Waals surface area (Å²) in [7, 11) is 0. The zero-order valence-corrected chi connectivity index (χ0v) is 25.4. The number of ether oxygens (including phenoxy) is 4. The van der Waals surface area contributed by atoms with E-state index in [0.717, 1.165) is 0 Å². The quantitative estimate of drug-likeness (QED) is 0.0904. The van der Waals surface area contributed by atoms with Gasteiger partial charge in [0.05, 0.1) is 54.2 Å². The molecule has 13 heteroatoms. The van der Waals surface area contributed by atoms with Crippen LogP contribution in [-0.4, -0.2) is 65.4 Å². The Morgan fingerprint density at radius 1 is 1.07 bits per heavy atom. The molecule has 2 heterocycles. The first-order valence-corrected chi connectivity index (χ1v) is 14.5. The number of aromatic nitrogens is 2. The normalized spacial score (nSPS) is 17.6. The van der Waals surface area contributed by atoms with Crippen LogP contribution >= 0.6 is 0 Å². The number of esters is 3. The number of carbonyl (C=O) groups excluding carboxylic acids is 3. The van der Waals surface area contributed by atoms with Gasteiger partial charge in [-0.2, -0.15) is 0 Å². The fourth-order valence-corrected chi connectivity index (χ4v) is 5.08. The van der Waals surface area contributed by atoms with Gasteiger partial charge in [0.2, 0.25) is 0 Å². The highest BCUT2D eigenvalue weighted by molar-refractivity contribution is 5.94. The minimum atomic E-state index is -1.31. The lowest BCUT2D eigenvalue weighted by Crippen LogP contribution is -2.50. The molecule has 4 rings (SSSR count). The SMILES string of the molecule is CCOC(=O)C1=C(C)NCC(C)(C(=O)OCCCOC(=O)c2ccc(OCCn3ccnc3)cc2)C1c1cccc([N+](=O)[O-])c1. The van der Waals surface area contributed by atoms with Gasteiger partial charge in [-0.05, 0) is 50.6 Å². The third kappa shape index (κ3) is 8.05. The zero-order valence-electron chi connectivity index (χ0n) is 25.4. The van der Waals surface area contributed by atoms with E-state index in [1.165, 1.54) is 18.2 Å². The van der Waals surface area contributed by atoms with E-state index >= 15 is 0 Å². The van der Waals surface area contributed by atoms with Crippen molar-refractivity contribution in [3.8, 4) is 5.75 Å². The summed E-state index contributed by atoms with van der Waals surface area (Å²) in [5.74, 6) is -2.03. The van der Waals surface area contributed by atoms with Gasteiger partial charge in [0, 0.05) is 49.1 Å². The number of hydrogen-bond donors (Lipinski definition) is 1. The Morgan fingerprint density at radius 3 is 2.51 bits per heavy atom. The Labute approximate surface area is 260 Å². The molecule has 0 bridgehead atoms. The zero-order chi connectivity index (χ0) is 32.4. The molecule has 0 saturated carbocycles. The highest BCUT2D eigenvalue weighted by atomic mass is 16.6. The van der Waals surface area contributed by atoms with Gasteiger partial charge in [0.1, 0.15) is 12.4 Å². The van der Waals surface area contributed by atoms with Gasteiger partial charge in [-0.15, -0.1) is 0 Å². The van der Waals surface area contributed by atoms with Crippen molar-refractivity contribution in [2.75, 3.05) is 33.0 Å². The summed E-state index contributed by atoms with van der Waals surface area (Å²) in [6.45, 7) is 6.27. The predicted molar refractivity (Wildman–Crippen MR) is 161 cm³/mol. The molecule has 0 amide bonds. The van der Waals surface area contributed by atoms with Crippen LogP contribution in [0.15, 0.2) is 78.5 Å². The first kappa shape index (κ1) is 32.7. The maximum absolute atomic E-state index is 13.6. The summed E-state index contributed by atoms with van der Waals surface area (Å²) in [4.78, 5) is 54.0. The second-order valence-corrected chi connectivity index (χ2v) is 10.6. The number of non-ortho nitro benzene ring substituents is 1. The lowest BCUT2D eigenvalue weighted by Gasteiger charge is -2.41. The lowest BCUT2D eigenvalue weighted by atomic mass is 9.67. The van der Waals surface area contributed by atoms with E-state index < -0.39 is 34.2 Å². The van der Waals surface area contributed by atoms with Crippen molar-refractivity contribution in [3.05, 3.63) is 99.8 Å². The highest BCUT2D eigenvalue weighted by Crippen LogP contribution is 2.46. The van der Waals surface area contributed by atoms with Gasteiger partial charge in [-0.3, -0.25) is 14.9 Å². The van der Waals surface area contributed by atoms with Gasteiger partial charge in [-0.1, -0.05) is 12.1 Å². The number of allylic oxidation sites excluding steroid dienone is 1. The summed E-state index contributed by atoms with van der Waals surface area (Å²) < 4.78 is 23.8. The Hall–Kier alpha value is -5.20. The van der Waals surface area contributed by atoms with Crippen molar-refractivity contribution in [2.24, 2.45) is 5.41 Å². The van der Waals surface area contributed by atoms with Gasteiger partial charge in [0.25, 0.3) is 5.69 Å². The summed E-state index contributed by atoms with van der Waals surface area (Å²) in [5, 5.41) is 14.6. The molecule has 2 unspecified atom stereocenters. The van der Waals surface area contributed by atoms with Crippen LogP contribution < -0.4 is 10.1 Å². The maximum Gasteiger partial charge on any atom is 0.338 e. The molecule has 1 N–H and O–H groups in total. The minimum Gasteiger partial charge on any atom is -0.492 e. The third-order valence-electron chi connectivity index (χ3n) is 7.45. The number of benzene rings is 2. The van der Waals surface area contributed by atoms with Crippen LogP contribution in [0, 0.1) is 15.5 Å². The van der Waals surface area contributed by atoms with Crippen molar-refractivity contribution in [1.82, 2.24) is 14.9 Å². The second kappa shape index (κ2) is 15.0. The predicted octanol–water partition coefficient (Wildman–Crippen LogP) is 4.19. The number of rotatable bonds is 14. The number of nitrogens with one attached hydrogen (secondary N) is 1. The van der Waals surface area contributed by atoms with Crippen molar-refractivity contribution in [2.45, 2.75) is 39.7 Å². The molecule has 0 saturated heterocycles. The first-order valence-electron chi connectivity index (χ1n) is 14.5. The van der Waals surface area contributed by atoms with E-state index in [2.05, 4.69) is 10.3 Å². The fourth-order valence-electron chi connectivity index (χ4n) is 5.08. The Balaban J connectivity index is 1.33. The summed E-state index contributed by atoms with van der Waals surface area (Å²) in [6, 6.07) is 12.4. The topological polar surface area (TPSA) is 161 Å². The Bertz CT molecular complexity index is 1540. The fraction of sp³-hybridized carbons (Fsp3) is 0.375. The number of carbonyl (C=O) groups is 3. The standard InChI is InChI=1S/C32H36N4O9/c1-4-42-30(38)27-22(2)34-20-32(3,28(27)24-7-5-8-25(19-24)36(40)41)31(39)45-17-6-16-44-29(37)23-9-11-26(12-10-23)43-18-15-35-14-13-33-21-35/h5,7-14,19,21,28,34H,4,6,15-18,20H2,1-3H3. The molecule has 3 aromatic rings. The van der Waals surface area contributed by atoms with Crippen molar-refractivity contribution < 1.29 is 38.3 Å². The maximum atomic E-state index is 13.6. The van der Waals surface area contributed by atoms with Gasteiger partial charge >= 0.3 is 17.9 Å². The van der Waals surface area contributed by atoms with E-state index in [1.807, 2.05) is 10.8 Å². The Morgan fingerprint density at radius 2 is 1.82 bits per heavy atom. The molecule has 2 atom stereocenters. The van der Waals surface area contributed by atoms with Crippen LogP contribution in [0.25, 0.3) is 0 Å². The lowest BCUT2D eigenvalue weighted by molar-refractivity contribution is -0.384. The molecule has 0 fully saturated rings. The second-order valence-electron chi connectivity index (χ2n) is 10.6. The highest BCUT2D eigenvalue weighted by Gasteiger charge is 2.50. The number of nitrogens with zero attached hydrogens (tertiary/aromatic N) is 3. The van der Waals surface area contributed by atoms with Crippen LogP contribution in [0.3, 0.4) is 0 Å². The van der Waals surface area contributed by atoms with Crippen molar-refractivity contribution in [3.63, 3.8) is 0 Å². The molecule has 2 aromatic carbocycles. The summed E-state index contributed by atoms with van der Waals surface area (Å²) in [6.07, 6.45) is 5.47. The van der Waals surface area contributed by atoms with E-state index in [-0.39, 0.29) is 44.0 Å². The van der Waals surface area contributed by atoms with Crippen LogP contribution in [-0.2, 0) is 30.3 Å². The number of nitro benzene ring substituents is 1. The molecule has 0 radical (unpaired) electrons. The average Bonchev–Trinajstić information content (AvgIpc) is 3.55. The number of hydrogen-bond acceptors (Lipinski definition) is 11. The van der Waals surface area contributed by atoms with Crippen LogP contribution in [0.1, 0.15) is 49.0 Å². The van der Waals surface area contributed by atoms with E-state index in [1.54, 1.807) is 63.6 Å². The first-order chi connectivity index (χ1) is 21.6. The van der Waals surface area contributed by atoms with Crippen molar-refractivity contribution >= 4 is 23.6 Å². The van der Waals surface area contributed by atoms with Gasteiger partial charge in [-0.25, -0.2) is 14.6 Å². The van der Waals surface area contributed by atoms with Crippen LogP contribution in [0.2, 0.25) is 0 Å². The van der Waals surface area contributed by atoms with E-state index in [9.17, 15) is 24.5 Å². The molecule has 238 valence electrons.